The van der Waals surface area contributed by atoms with Crippen LogP contribution in [0.1, 0.15) is 5.69 Å². The zero-order valence-electron chi connectivity index (χ0n) is 4.22. The van der Waals surface area contributed by atoms with Crippen LogP contribution in [-0.4, -0.2) is 22.9 Å². The average Bonchev–Trinajstić information content (AvgIpc) is 2.14. The zero-order valence-corrected chi connectivity index (χ0v) is 4.22. The van der Waals surface area contributed by atoms with E-state index >= 15 is 0 Å². The molecule has 0 atom stereocenters. The summed E-state index contributed by atoms with van der Waals surface area (Å²) in [6.45, 7) is 0. The van der Waals surface area contributed by atoms with Crippen LogP contribution >= 0.6 is 0 Å². The van der Waals surface area contributed by atoms with E-state index in [9.17, 15) is 0 Å². The van der Waals surface area contributed by atoms with Crippen molar-refractivity contribution < 1.29 is 4.52 Å². The molecule has 0 aromatic carbocycles. The quantitative estimate of drug-likeness (QED) is 0.464. The van der Waals surface area contributed by atoms with Crippen molar-refractivity contribution in [3.05, 3.63) is 18.0 Å². The molecule has 7 heavy (non-hydrogen) atoms. The number of hydrogen-bond donors (Lipinski definition) is 0. The molecule has 0 N–H and O–H groups in total. The van der Waals surface area contributed by atoms with Gasteiger partial charge in [-0.25, -0.2) is 0 Å². The molecule has 1 aromatic rings. The van der Waals surface area contributed by atoms with Gasteiger partial charge in [-0.3, -0.25) is 0 Å². The zero-order chi connectivity index (χ0) is 5.11. The molecular formula is C4H4LiNO. The van der Waals surface area contributed by atoms with E-state index in [-0.39, 0.29) is 0 Å². The first-order valence-electron chi connectivity index (χ1n) is 2.32. The van der Waals surface area contributed by atoms with Gasteiger partial charge in [-0.05, 0) is 0 Å². The third-order valence-corrected chi connectivity index (χ3v) is 0.853. The molecule has 0 aliphatic rings. The Kier molecular flexibility index (Phi) is 1.56. The van der Waals surface area contributed by atoms with E-state index in [4.69, 9.17) is 0 Å². The summed E-state index contributed by atoms with van der Waals surface area (Å²) in [4.78, 5) is 0. The minimum atomic E-state index is 0.955. The van der Waals surface area contributed by atoms with Crippen molar-refractivity contribution >= 4 is 17.7 Å². The summed E-state index contributed by atoms with van der Waals surface area (Å²) in [5.41, 5.74) is 1.01. The van der Waals surface area contributed by atoms with Gasteiger partial charge in [0.1, 0.15) is 0 Å². The molecule has 0 radical (unpaired) electrons. The van der Waals surface area contributed by atoms with Crippen molar-refractivity contribution in [1.29, 1.82) is 0 Å². The van der Waals surface area contributed by atoms with Crippen LogP contribution < -0.4 is 0 Å². The summed E-state index contributed by atoms with van der Waals surface area (Å²) in [7, 11) is 0. The van der Waals surface area contributed by atoms with Gasteiger partial charge in [-0.15, -0.1) is 0 Å². The standard InChI is InChI=1S/C4H4NO.Li/c1-4-2-3-6-5-4;/h2-3H,1H2;. The third kappa shape index (κ3) is 1.09. The normalized spacial score (nSPS) is 9.43. The van der Waals surface area contributed by atoms with Gasteiger partial charge in [0.15, 0.2) is 0 Å². The number of rotatable bonds is 1. The Hall–Kier alpha value is -0.193. The topological polar surface area (TPSA) is 26.0 Å². The summed E-state index contributed by atoms with van der Waals surface area (Å²) in [6, 6.07) is 1.86. The Morgan fingerprint density at radius 2 is 2.71 bits per heavy atom. The molecule has 0 amide bonds. The van der Waals surface area contributed by atoms with Crippen LogP contribution in [0.3, 0.4) is 0 Å². The molecule has 1 rings (SSSR count). The van der Waals surface area contributed by atoms with Gasteiger partial charge in [0.2, 0.25) is 0 Å². The van der Waals surface area contributed by atoms with Gasteiger partial charge in [-0.1, -0.05) is 0 Å². The van der Waals surface area contributed by atoms with E-state index in [0.717, 1.165) is 10.8 Å². The molecule has 0 unspecified atom stereocenters. The fraction of sp³-hybridized carbons (Fsp3) is 0.250. The van der Waals surface area contributed by atoms with Crippen LogP contribution in [0.2, 0.25) is 0 Å². The Bertz CT molecular complexity index is 126. The molecular weight excluding hydrogens is 85.0 g/mol. The first-order chi connectivity index (χ1) is 3.43. The van der Waals surface area contributed by atoms with Gasteiger partial charge in [0.05, 0.1) is 0 Å². The molecule has 0 saturated heterocycles. The molecule has 1 heterocycles. The Balaban J connectivity index is 2.76. The van der Waals surface area contributed by atoms with E-state index in [1.807, 2.05) is 23.8 Å². The van der Waals surface area contributed by atoms with Crippen LogP contribution in [0.25, 0.3) is 0 Å². The van der Waals surface area contributed by atoms with E-state index in [1.54, 1.807) is 6.26 Å². The van der Waals surface area contributed by atoms with Crippen LogP contribution in [0.15, 0.2) is 16.9 Å². The summed E-state index contributed by atoms with van der Waals surface area (Å²) in [6.07, 6.45) is 1.58. The van der Waals surface area contributed by atoms with Gasteiger partial charge in [0.25, 0.3) is 0 Å². The van der Waals surface area contributed by atoms with Crippen molar-refractivity contribution in [3.8, 4) is 0 Å². The average molecular weight is 89.0 g/mol. The van der Waals surface area contributed by atoms with Crippen LogP contribution in [0.5, 0.6) is 0 Å². The summed E-state index contributed by atoms with van der Waals surface area (Å²) < 4.78 is 4.56. The fourth-order valence-corrected chi connectivity index (χ4v) is 0.420. The predicted octanol–water partition coefficient (Wildman–Crippen LogP) is 0.343. The minimum absolute atomic E-state index is 0.955. The monoisotopic (exact) mass is 89.0 g/mol. The SMILES string of the molecule is [Li][CH2]c1ccon1. The van der Waals surface area contributed by atoms with Crippen molar-refractivity contribution in [2.24, 2.45) is 0 Å². The van der Waals surface area contributed by atoms with Crippen molar-refractivity contribution in [3.63, 3.8) is 0 Å². The summed E-state index contributed by atoms with van der Waals surface area (Å²) >= 11 is 2.04. The van der Waals surface area contributed by atoms with Crippen molar-refractivity contribution in [2.75, 3.05) is 0 Å². The number of hydrogen-bond acceptors (Lipinski definition) is 2. The van der Waals surface area contributed by atoms with Crippen molar-refractivity contribution in [1.82, 2.24) is 5.16 Å². The molecule has 32 valence electrons. The van der Waals surface area contributed by atoms with Crippen LogP contribution in [-0.2, 0) is 5.09 Å². The summed E-state index contributed by atoms with van der Waals surface area (Å²) in [5, 5.41) is 4.61. The molecule has 3 heteroatoms. The molecule has 1 aromatic heterocycles. The molecule has 0 aliphatic heterocycles. The van der Waals surface area contributed by atoms with Crippen molar-refractivity contribution in [2.45, 2.75) is 5.09 Å². The second kappa shape index (κ2) is 2.20. The van der Waals surface area contributed by atoms with Gasteiger partial charge >= 0.3 is 50.5 Å². The first kappa shape index (κ1) is 4.95. The Labute approximate surface area is 51.1 Å². The second-order valence-corrected chi connectivity index (χ2v) is 1.34. The number of nitrogens with zero attached hydrogens (tertiary/aromatic N) is 1. The van der Waals surface area contributed by atoms with E-state index < -0.39 is 0 Å². The maximum atomic E-state index is 4.56. The summed E-state index contributed by atoms with van der Waals surface area (Å²) in [5.74, 6) is 0. The van der Waals surface area contributed by atoms with E-state index in [0.29, 0.717) is 0 Å². The van der Waals surface area contributed by atoms with Gasteiger partial charge in [0, 0.05) is 0 Å². The molecule has 0 fully saturated rings. The molecule has 0 aliphatic carbocycles. The Morgan fingerprint density at radius 1 is 1.86 bits per heavy atom. The molecule has 0 bridgehead atoms. The predicted molar refractivity (Wildman–Crippen MR) is 26.0 cm³/mol. The fourth-order valence-electron chi connectivity index (χ4n) is 0.420. The van der Waals surface area contributed by atoms with Gasteiger partial charge in [-0.2, -0.15) is 0 Å². The Morgan fingerprint density at radius 3 is 3.00 bits per heavy atom. The van der Waals surface area contributed by atoms with Crippen LogP contribution in [0.4, 0.5) is 0 Å². The molecule has 0 saturated carbocycles. The van der Waals surface area contributed by atoms with Crippen LogP contribution in [0, 0.1) is 0 Å². The third-order valence-electron chi connectivity index (χ3n) is 0.853. The maximum absolute atomic E-state index is 4.56. The van der Waals surface area contributed by atoms with Gasteiger partial charge < -0.3 is 0 Å². The number of aromatic nitrogens is 1. The first-order valence-corrected chi connectivity index (χ1v) is 2.32. The van der Waals surface area contributed by atoms with E-state index in [1.165, 1.54) is 0 Å². The molecule has 2 nitrogen and oxygen atoms in total. The second-order valence-electron chi connectivity index (χ2n) is 1.34. The van der Waals surface area contributed by atoms with E-state index in [2.05, 4.69) is 9.68 Å². The molecule has 0 spiro atoms.